The maximum Gasteiger partial charge on any atom is 0.302 e. The van der Waals surface area contributed by atoms with Gasteiger partial charge in [-0.2, -0.15) is 0 Å². The second kappa shape index (κ2) is 9.87. The molecular formula is C30H22BrN3O4. The van der Waals surface area contributed by atoms with Crippen LogP contribution >= 0.6 is 15.9 Å². The molecule has 6 rings (SSSR count). The van der Waals surface area contributed by atoms with E-state index in [0.717, 1.165) is 43.0 Å². The number of carbonyl (C=O) groups is 1. The van der Waals surface area contributed by atoms with Crippen molar-refractivity contribution in [3.8, 4) is 5.75 Å². The zero-order valence-corrected chi connectivity index (χ0v) is 22.1. The first-order valence-electron chi connectivity index (χ1n) is 12.1. The molecule has 0 aliphatic heterocycles. The number of hydrogen-bond donors (Lipinski definition) is 0. The molecule has 0 amide bonds. The second-order valence-electron chi connectivity index (χ2n) is 9.19. The predicted octanol–water partition coefficient (Wildman–Crippen LogP) is 5.83. The largest absolute Gasteiger partial charge is 0.489 e. The highest BCUT2D eigenvalue weighted by atomic mass is 79.9. The molecule has 0 fully saturated rings. The van der Waals surface area contributed by atoms with E-state index in [1.807, 2.05) is 42.6 Å². The fraction of sp³-hybridized carbons (Fsp3) is 0.133. The average molecular weight is 568 g/mol. The lowest BCUT2D eigenvalue weighted by Crippen LogP contribution is -2.12. The molecule has 0 spiro atoms. The highest BCUT2D eigenvalue weighted by molar-refractivity contribution is 9.10. The lowest BCUT2D eigenvalue weighted by molar-refractivity contribution is -0.142. The molecule has 7 nitrogen and oxygen atoms in total. The minimum Gasteiger partial charge on any atom is -0.489 e. The number of esters is 1. The first kappa shape index (κ1) is 24.1. The van der Waals surface area contributed by atoms with Crippen LogP contribution in [0, 0.1) is 0 Å². The van der Waals surface area contributed by atoms with E-state index in [4.69, 9.17) is 9.47 Å². The Hall–Kier alpha value is -4.30. The Morgan fingerprint density at radius 2 is 1.71 bits per heavy atom. The van der Waals surface area contributed by atoms with Gasteiger partial charge in [0.05, 0.1) is 16.4 Å². The molecule has 2 aromatic carbocycles. The molecule has 0 saturated heterocycles. The zero-order valence-electron chi connectivity index (χ0n) is 20.5. The Labute approximate surface area is 226 Å². The number of hydrogen-bond acceptors (Lipinski definition) is 6. The van der Waals surface area contributed by atoms with Crippen molar-refractivity contribution in [2.75, 3.05) is 0 Å². The number of benzene rings is 2. The van der Waals surface area contributed by atoms with Crippen LogP contribution in [0.15, 0.2) is 88.8 Å². The van der Waals surface area contributed by atoms with Crippen LogP contribution in [-0.2, 0) is 29.2 Å². The smallest absolute Gasteiger partial charge is 0.302 e. The summed E-state index contributed by atoms with van der Waals surface area (Å²) < 4.78 is 14.3. The molecular weight excluding hydrogens is 546 g/mol. The number of fused-ring (bicyclic) bond motifs is 3. The molecule has 0 bridgehead atoms. The molecule has 0 saturated carbocycles. The number of pyridine rings is 3. The Bertz CT molecular complexity index is 1870. The SMILES string of the molecule is CC(=O)OCc1cncc(COc2cc3c(=O)c(Cc4cccnc4)cn4c5cc(Br)ccc5c(c2)c34)c1. The first-order valence-corrected chi connectivity index (χ1v) is 12.9. The first-order chi connectivity index (χ1) is 18.5. The minimum atomic E-state index is -0.346. The fourth-order valence-electron chi connectivity index (χ4n) is 4.80. The van der Waals surface area contributed by atoms with Crippen molar-refractivity contribution in [2.24, 2.45) is 0 Å². The maximum absolute atomic E-state index is 13.7. The van der Waals surface area contributed by atoms with Crippen LogP contribution in [0.1, 0.15) is 29.2 Å². The molecule has 0 unspecified atom stereocenters. The minimum absolute atomic E-state index is 0.0243. The Morgan fingerprint density at radius 3 is 2.50 bits per heavy atom. The molecule has 4 heterocycles. The summed E-state index contributed by atoms with van der Waals surface area (Å²) in [7, 11) is 0. The summed E-state index contributed by atoms with van der Waals surface area (Å²) in [5.74, 6) is 0.248. The Balaban J connectivity index is 1.43. The Kier molecular flexibility index (Phi) is 6.25. The molecule has 38 heavy (non-hydrogen) atoms. The monoisotopic (exact) mass is 567 g/mol. The third-order valence-electron chi connectivity index (χ3n) is 6.47. The van der Waals surface area contributed by atoms with Gasteiger partial charge >= 0.3 is 5.97 Å². The van der Waals surface area contributed by atoms with E-state index in [9.17, 15) is 9.59 Å². The summed E-state index contributed by atoms with van der Waals surface area (Å²) in [6.45, 7) is 1.78. The van der Waals surface area contributed by atoms with Gasteiger partial charge in [-0.05, 0) is 42.0 Å². The lowest BCUT2D eigenvalue weighted by atomic mass is 10.0. The van der Waals surface area contributed by atoms with Crippen molar-refractivity contribution < 1.29 is 14.3 Å². The molecule has 0 radical (unpaired) electrons. The van der Waals surface area contributed by atoms with Crippen molar-refractivity contribution in [3.05, 3.63) is 116 Å². The summed E-state index contributed by atoms with van der Waals surface area (Å²) in [5, 5.41) is 2.59. The predicted molar refractivity (Wildman–Crippen MR) is 149 cm³/mol. The van der Waals surface area contributed by atoms with E-state index >= 15 is 0 Å². The molecule has 4 aromatic heterocycles. The van der Waals surface area contributed by atoms with Gasteiger partial charge in [-0.15, -0.1) is 0 Å². The Morgan fingerprint density at radius 1 is 0.921 bits per heavy atom. The van der Waals surface area contributed by atoms with E-state index in [0.29, 0.717) is 23.1 Å². The number of aromatic nitrogens is 3. The highest BCUT2D eigenvalue weighted by Crippen LogP contribution is 2.36. The van der Waals surface area contributed by atoms with Crippen molar-refractivity contribution in [2.45, 2.75) is 26.6 Å². The number of ether oxygens (including phenoxy) is 2. The van der Waals surface area contributed by atoms with Gasteiger partial charge < -0.3 is 13.9 Å². The lowest BCUT2D eigenvalue weighted by Gasteiger charge is -2.11. The van der Waals surface area contributed by atoms with Crippen LogP contribution in [0.25, 0.3) is 27.2 Å². The summed E-state index contributed by atoms with van der Waals surface area (Å²) in [5.41, 5.74) is 5.12. The summed E-state index contributed by atoms with van der Waals surface area (Å²) in [6, 6.07) is 15.7. The van der Waals surface area contributed by atoms with Gasteiger partial charge in [-0.3, -0.25) is 19.6 Å². The summed E-state index contributed by atoms with van der Waals surface area (Å²) in [4.78, 5) is 33.3. The summed E-state index contributed by atoms with van der Waals surface area (Å²) >= 11 is 3.59. The fourth-order valence-corrected chi connectivity index (χ4v) is 5.15. The van der Waals surface area contributed by atoms with Gasteiger partial charge in [-0.1, -0.05) is 28.1 Å². The zero-order chi connectivity index (χ0) is 26.2. The number of halogens is 1. The number of carbonyl (C=O) groups excluding carboxylic acids is 1. The van der Waals surface area contributed by atoms with E-state index in [-0.39, 0.29) is 24.6 Å². The molecule has 6 aromatic rings. The van der Waals surface area contributed by atoms with Gasteiger partial charge in [0.15, 0.2) is 5.43 Å². The van der Waals surface area contributed by atoms with Gasteiger partial charge in [0.25, 0.3) is 0 Å². The van der Waals surface area contributed by atoms with E-state index in [2.05, 4.69) is 42.4 Å². The van der Waals surface area contributed by atoms with E-state index < -0.39 is 0 Å². The van der Waals surface area contributed by atoms with Crippen molar-refractivity contribution in [1.82, 2.24) is 14.4 Å². The van der Waals surface area contributed by atoms with Crippen LogP contribution in [-0.4, -0.2) is 20.3 Å². The topological polar surface area (TPSA) is 82.8 Å². The highest BCUT2D eigenvalue weighted by Gasteiger charge is 2.18. The number of rotatable bonds is 7. The summed E-state index contributed by atoms with van der Waals surface area (Å²) in [6.07, 6.45) is 9.30. The van der Waals surface area contributed by atoms with Gasteiger partial charge in [0.2, 0.25) is 0 Å². The van der Waals surface area contributed by atoms with Crippen molar-refractivity contribution in [1.29, 1.82) is 0 Å². The van der Waals surface area contributed by atoms with Crippen LogP contribution in [0.5, 0.6) is 5.75 Å². The molecule has 188 valence electrons. The molecule has 0 atom stereocenters. The third kappa shape index (κ3) is 4.59. The van der Waals surface area contributed by atoms with Gasteiger partial charge in [0, 0.05) is 76.3 Å². The van der Waals surface area contributed by atoms with E-state index in [1.54, 1.807) is 24.8 Å². The average Bonchev–Trinajstić information content (AvgIpc) is 3.22. The molecule has 0 aliphatic rings. The number of nitrogens with zero attached hydrogens (tertiary/aromatic N) is 3. The van der Waals surface area contributed by atoms with E-state index in [1.165, 1.54) is 6.92 Å². The molecule has 0 N–H and O–H groups in total. The standard InChI is InChI=1S/C30H22BrN3O4/c1-18(35)37-16-20-7-21(14-33-13-20)17-38-24-10-26-25-5-4-23(31)9-28(25)34-15-22(8-19-3-2-6-32-12-19)30(36)27(11-24)29(26)34/h2-7,9-15H,8,16-17H2,1H3. The second-order valence-corrected chi connectivity index (χ2v) is 10.1. The van der Waals surface area contributed by atoms with Crippen LogP contribution in [0.3, 0.4) is 0 Å². The van der Waals surface area contributed by atoms with Crippen LogP contribution < -0.4 is 10.2 Å². The third-order valence-corrected chi connectivity index (χ3v) is 6.96. The van der Waals surface area contributed by atoms with Crippen molar-refractivity contribution >= 4 is 49.1 Å². The normalized spacial score (nSPS) is 11.4. The molecule has 0 aliphatic carbocycles. The maximum atomic E-state index is 13.7. The van der Waals surface area contributed by atoms with Gasteiger partial charge in [0.1, 0.15) is 19.0 Å². The van der Waals surface area contributed by atoms with Crippen molar-refractivity contribution in [3.63, 3.8) is 0 Å². The molecule has 8 heteroatoms. The van der Waals surface area contributed by atoms with Crippen LogP contribution in [0.4, 0.5) is 0 Å². The quantitative estimate of drug-likeness (QED) is 0.226. The van der Waals surface area contributed by atoms with Crippen LogP contribution in [0.2, 0.25) is 0 Å². The van der Waals surface area contributed by atoms with Gasteiger partial charge in [-0.25, -0.2) is 0 Å².